The van der Waals surface area contributed by atoms with E-state index in [-0.39, 0.29) is 23.9 Å². The Morgan fingerprint density at radius 3 is 2.18 bits per heavy atom. The zero-order valence-corrected chi connectivity index (χ0v) is 23.3. The van der Waals surface area contributed by atoms with Gasteiger partial charge in [0, 0.05) is 39.3 Å². The summed E-state index contributed by atoms with van der Waals surface area (Å²) in [6.07, 6.45) is -5.23. The van der Waals surface area contributed by atoms with Crippen molar-refractivity contribution < 1.29 is 40.3 Å². The van der Waals surface area contributed by atoms with Crippen LogP contribution in [0.25, 0.3) is 0 Å². The third kappa shape index (κ3) is 7.17. The molecule has 2 fully saturated rings. The predicted octanol–water partition coefficient (Wildman–Crippen LogP) is 6.09. The number of oxazole rings is 1. The van der Waals surface area contributed by atoms with E-state index in [4.69, 9.17) is 4.42 Å². The molecule has 236 valence electrons. The van der Waals surface area contributed by atoms with Crippen molar-refractivity contribution in [1.82, 2.24) is 14.9 Å². The Balaban J connectivity index is 1.21. The molecule has 3 amide bonds. The molecule has 2 N–H and O–H groups in total. The number of aromatic nitrogens is 2. The van der Waals surface area contributed by atoms with Gasteiger partial charge in [-0.1, -0.05) is 12.1 Å². The first-order valence-corrected chi connectivity index (χ1v) is 14.0. The first-order valence-electron chi connectivity index (χ1n) is 14.0. The van der Waals surface area contributed by atoms with Crippen LogP contribution >= 0.6 is 0 Å². The van der Waals surface area contributed by atoms with Crippen molar-refractivity contribution in [3.8, 4) is 0 Å². The largest absolute Gasteiger partial charge is 0.437 e. The Hall–Kier alpha value is -4.50. The van der Waals surface area contributed by atoms with Gasteiger partial charge in [-0.25, -0.2) is 9.78 Å². The maximum atomic E-state index is 13.7. The molecule has 0 aliphatic carbocycles. The van der Waals surface area contributed by atoms with E-state index in [0.717, 1.165) is 25.3 Å². The third-order valence-corrected chi connectivity index (χ3v) is 7.30. The second kappa shape index (κ2) is 12.6. The van der Waals surface area contributed by atoms with Crippen molar-refractivity contribution in [2.45, 2.75) is 38.0 Å². The van der Waals surface area contributed by atoms with E-state index >= 15 is 0 Å². The zero-order valence-electron chi connectivity index (χ0n) is 23.3. The van der Waals surface area contributed by atoms with Crippen molar-refractivity contribution in [3.05, 3.63) is 59.6 Å². The van der Waals surface area contributed by atoms with E-state index in [0.29, 0.717) is 45.0 Å². The number of hydrogen-bond donors (Lipinski definition) is 2. The minimum Gasteiger partial charge on any atom is -0.417 e. The van der Waals surface area contributed by atoms with E-state index in [1.807, 2.05) is 4.90 Å². The summed E-state index contributed by atoms with van der Waals surface area (Å²) in [5.41, 5.74) is -2.55. The molecule has 10 nitrogen and oxygen atoms in total. The number of amides is 3. The number of halogens is 6. The molecule has 5 rings (SSSR count). The molecule has 2 aliphatic heterocycles. The lowest BCUT2D eigenvalue weighted by Crippen LogP contribution is -2.38. The van der Waals surface area contributed by atoms with Gasteiger partial charge in [-0.2, -0.15) is 31.3 Å². The second-order valence-electron chi connectivity index (χ2n) is 10.4. The van der Waals surface area contributed by atoms with Gasteiger partial charge in [0.15, 0.2) is 5.69 Å². The lowest BCUT2D eigenvalue weighted by molar-refractivity contribution is -0.141. The van der Waals surface area contributed by atoms with Gasteiger partial charge in [0.05, 0.1) is 23.1 Å². The number of rotatable bonds is 5. The predicted molar refractivity (Wildman–Crippen MR) is 149 cm³/mol. The van der Waals surface area contributed by atoms with Gasteiger partial charge >= 0.3 is 18.4 Å². The summed E-state index contributed by atoms with van der Waals surface area (Å²) in [7, 11) is 0. The lowest BCUT2D eigenvalue weighted by Gasteiger charge is -2.24. The molecule has 2 saturated heterocycles. The van der Waals surface area contributed by atoms with Gasteiger partial charge in [-0.15, -0.1) is 0 Å². The van der Waals surface area contributed by atoms with Crippen molar-refractivity contribution in [1.29, 1.82) is 0 Å². The Morgan fingerprint density at radius 1 is 0.773 bits per heavy atom. The van der Waals surface area contributed by atoms with Gasteiger partial charge in [0.1, 0.15) is 5.82 Å². The summed E-state index contributed by atoms with van der Waals surface area (Å²) in [5, 5.41) is 4.73. The molecule has 0 atom stereocenters. The highest BCUT2D eigenvalue weighted by atomic mass is 19.4. The Kier molecular flexibility index (Phi) is 8.87. The number of carbonyl (C=O) groups excluding carboxylic acids is 2. The van der Waals surface area contributed by atoms with Gasteiger partial charge in [0.2, 0.25) is 5.76 Å². The van der Waals surface area contributed by atoms with Crippen LogP contribution in [0.15, 0.2) is 47.0 Å². The van der Waals surface area contributed by atoms with Crippen LogP contribution in [0.5, 0.6) is 0 Å². The number of hydrogen-bond acceptors (Lipinski definition) is 7. The zero-order chi connectivity index (χ0) is 31.5. The van der Waals surface area contributed by atoms with Crippen LogP contribution in [0, 0.1) is 0 Å². The molecule has 44 heavy (non-hydrogen) atoms. The molecule has 1 aromatic carbocycles. The first kappa shape index (κ1) is 30.9. The average molecular weight is 626 g/mol. The number of benzene rings is 1. The molecule has 0 spiro atoms. The van der Waals surface area contributed by atoms with E-state index in [9.17, 15) is 35.9 Å². The molecule has 0 bridgehead atoms. The fourth-order valence-corrected chi connectivity index (χ4v) is 5.09. The minimum absolute atomic E-state index is 0.127. The number of carbonyl (C=O) groups is 2. The molecule has 0 unspecified atom stereocenters. The Morgan fingerprint density at radius 2 is 1.50 bits per heavy atom. The van der Waals surface area contributed by atoms with Gasteiger partial charge in [-0.05, 0) is 49.9 Å². The number of nitrogens with zero attached hydrogens (tertiary/aromatic N) is 5. The van der Waals surface area contributed by atoms with Crippen LogP contribution in [0.1, 0.15) is 47.5 Å². The molecule has 3 aromatic rings. The molecule has 16 heteroatoms. The molecule has 0 radical (unpaired) electrons. The number of para-hydroxylation sites is 1. The van der Waals surface area contributed by atoms with E-state index in [2.05, 4.69) is 20.6 Å². The normalized spacial score (nSPS) is 16.5. The fraction of sp³-hybridized carbons (Fsp3) is 0.429. The fourth-order valence-electron chi connectivity index (χ4n) is 5.09. The van der Waals surface area contributed by atoms with Gasteiger partial charge in [0.25, 0.3) is 11.9 Å². The van der Waals surface area contributed by atoms with Crippen molar-refractivity contribution >= 4 is 35.1 Å². The number of urea groups is 1. The first-order chi connectivity index (χ1) is 20.9. The summed E-state index contributed by atoms with van der Waals surface area (Å²) >= 11 is 0. The summed E-state index contributed by atoms with van der Waals surface area (Å²) in [6.45, 7) is 2.26. The standard InChI is InChI=1S/C28H29F6N7O3/c29-27(30,31)19-7-2-3-8-20(19)37-25(43)40-14-6-13-39(15-16-40)21-10-9-18(17-35-21)36-24(42)22-23(28(32,33)34)38-26(44-22)41-11-4-1-5-12-41/h2-3,7-10,17H,1,4-6,11-16H2,(H,36,42)(H,37,43). The highest BCUT2D eigenvalue weighted by Gasteiger charge is 2.42. The quantitative estimate of drug-likeness (QED) is 0.331. The SMILES string of the molecule is O=C(Nc1ccc(N2CCCN(C(=O)Nc3ccccc3C(F)(F)F)CC2)nc1)c1oc(N2CCCCC2)nc1C(F)(F)F. The number of alkyl halides is 6. The number of nitrogens with one attached hydrogen (secondary N) is 2. The number of anilines is 4. The van der Waals surface area contributed by atoms with Crippen LogP contribution in [0.3, 0.4) is 0 Å². The summed E-state index contributed by atoms with van der Waals surface area (Å²) < 4.78 is 86.2. The van der Waals surface area contributed by atoms with E-state index in [1.165, 1.54) is 35.4 Å². The highest BCUT2D eigenvalue weighted by molar-refractivity contribution is 6.03. The maximum Gasteiger partial charge on any atom is 0.437 e. The monoisotopic (exact) mass is 625 g/mol. The van der Waals surface area contributed by atoms with Crippen LogP contribution in [0.4, 0.5) is 54.3 Å². The van der Waals surface area contributed by atoms with Crippen molar-refractivity contribution in [2.75, 3.05) is 59.7 Å². The topological polar surface area (TPSA) is 107 Å². The molecule has 4 heterocycles. The van der Waals surface area contributed by atoms with E-state index < -0.39 is 41.3 Å². The lowest BCUT2D eigenvalue weighted by atomic mass is 10.1. The number of pyridine rings is 1. The van der Waals surface area contributed by atoms with Crippen LogP contribution in [0.2, 0.25) is 0 Å². The van der Waals surface area contributed by atoms with Crippen molar-refractivity contribution in [2.24, 2.45) is 0 Å². The summed E-state index contributed by atoms with van der Waals surface area (Å²) in [4.78, 5) is 38.3. The molecular formula is C28H29F6N7O3. The Bertz CT molecular complexity index is 1470. The summed E-state index contributed by atoms with van der Waals surface area (Å²) in [5.74, 6) is -1.58. The molecule has 2 aliphatic rings. The van der Waals surface area contributed by atoms with E-state index in [1.54, 1.807) is 11.0 Å². The molecule has 2 aromatic heterocycles. The minimum atomic E-state index is -4.90. The second-order valence-corrected chi connectivity index (χ2v) is 10.4. The molecule has 0 saturated carbocycles. The van der Waals surface area contributed by atoms with Crippen molar-refractivity contribution in [3.63, 3.8) is 0 Å². The van der Waals surface area contributed by atoms with Crippen LogP contribution in [-0.4, -0.2) is 66.1 Å². The van der Waals surface area contributed by atoms with Gasteiger partial charge < -0.3 is 29.8 Å². The van der Waals surface area contributed by atoms with Crippen LogP contribution < -0.4 is 20.4 Å². The highest BCUT2D eigenvalue weighted by Crippen LogP contribution is 2.36. The average Bonchev–Trinajstić information content (AvgIpc) is 3.31. The van der Waals surface area contributed by atoms with Crippen LogP contribution in [-0.2, 0) is 12.4 Å². The number of piperidine rings is 1. The smallest absolute Gasteiger partial charge is 0.417 e. The van der Waals surface area contributed by atoms with Gasteiger partial charge in [-0.3, -0.25) is 4.79 Å². The third-order valence-electron chi connectivity index (χ3n) is 7.30. The molecular weight excluding hydrogens is 596 g/mol. The maximum absolute atomic E-state index is 13.7. The summed E-state index contributed by atoms with van der Waals surface area (Å²) in [6, 6.07) is 6.86. The Labute approximate surface area is 248 Å².